The van der Waals surface area contributed by atoms with Crippen molar-refractivity contribution in [3.05, 3.63) is 0 Å². The summed E-state index contributed by atoms with van der Waals surface area (Å²) in [5.74, 6) is 1.05. The molecule has 0 aromatic heterocycles. The van der Waals surface area contributed by atoms with Gasteiger partial charge in [0.15, 0.2) is 0 Å². The van der Waals surface area contributed by atoms with E-state index in [1.54, 1.807) is 0 Å². The summed E-state index contributed by atoms with van der Waals surface area (Å²) in [7, 11) is -2.86. The second-order valence-electron chi connectivity index (χ2n) is 6.63. The summed E-state index contributed by atoms with van der Waals surface area (Å²) in [6, 6.07) is 0.0450. The first kappa shape index (κ1) is 14.3. The highest BCUT2D eigenvalue weighted by Crippen LogP contribution is 2.44. The summed E-state index contributed by atoms with van der Waals surface area (Å²) >= 11 is 0. The van der Waals surface area contributed by atoms with Crippen LogP contribution in [0.1, 0.15) is 38.5 Å². The normalized spacial score (nSPS) is 37.3. The Labute approximate surface area is 120 Å². The maximum absolute atomic E-state index is 12.7. The summed E-state index contributed by atoms with van der Waals surface area (Å²) in [6.45, 7) is 1.74. The van der Waals surface area contributed by atoms with Crippen molar-refractivity contribution in [2.24, 2.45) is 11.3 Å². The minimum atomic E-state index is -2.86. The van der Waals surface area contributed by atoms with E-state index in [4.69, 9.17) is 0 Å². The van der Waals surface area contributed by atoms with Crippen molar-refractivity contribution in [3.8, 4) is 0 Å². The molecule has 1 aliphatic carbocycles. The van der Waals surface area contributed by atoms with E-state index >= 15 is 0 Å². The molecule has 0 aromatic carbocycles. The Morgan fingerprint density at radius 3 is 2.65 bits per heavy atom. The third-order valence-corrected chi connectivity index (χ3v) is 7.10. The van der Waals surface area contributed by atoms with Gasteiger partial charge < -0.3 is 10.6 Å². The fraction of sp³-hybridized carbons (Fsp3) is 0.929. The quantitative estimate of drug-likeness (QED) is 0.777. The van der Waals surface area contributed by atoms with Crippen LogP contribution in [-0.4, -0.2) is 45.0 Å². The van der Waals surface area contributed by atoms with Gasteiger partial charge in [0, 0.05) is 12.6 Å². The van der Waals surface area contributed by atoms with Gasteiger partial charge in [-0.3, -0.25) is 4.79 Å². The van der Waals surface area contributed by atoms with Crippen molar-refractivity contribution in [3.63, 3.8) is 0 Å². The Kier molecular flexibility index (Phi) is 3.79. The zero-order valence-electron chi connectivity index (χ0n) is 11.9. The third kappa shape index (κ3) is 2.60. The van der Waals surface area contributed by atoms with Gasteiger partial charge in [-0.2, -0.15) is 0 Å². The molecule has 3 rings (SSSR count). The van der Waals surface area contributed by atoms with E-state index < -0.39 is 9.84 Å². The number of hydrogen-bond acceptors (Lipinski definition) is 4. The topological polar surface area (TPSA) is 75.3 Å². The lowest BCUT2D eigenvalue weighted by atomic mass is 9.67. The van der Waals surface area contributed by atoms with Gasteiger partial charge >= 0.3 is 0 Å². The molecule has 5 nitrogen and oxygen atoms in total. The zero-order chi connectivity index (χ0) is 14.2. The van der Waals surface area contributed by atoms with E-state index in [-0.39, 0.29) is 28.9 Å². The molecule has 0 aromatic rings. The highest BCUT2D eigenvalue weighted by Gasteiger charge is 2.50. The van der Waals surface area contributed by atoms with Gasteiger partial charge in [-0.25, -0.2) is 8.42 Å². The van der Waals surface area contributed by atoms with E-state index in [9.17, 15) is 13.2 Å². The Morgan fingerprint density at radius 1 is 1.15 bits per heavy atom. The standard InChI is InChI=1S/C14H24N2O3S/c17-13(16-12-4-7-20(18,19)8-5-12)14-6-2-1-3-11(14)9-15-10-14/h11-12,15H,1-10H2,(H,16,17)/t11-,14+/m0/s1. The molecule has 1 amide bonds. The fourth-order valence-corrected chi connectivity index (χ4v) is 5.55. The summed E-state index contributed by atoms with van der Waals surface area (Å²) in [6.07, 6.45) is 5.61. The molecule has 2 heterocycles. The Balaban J connectivity index is 1.64. The number of hydrogen-bond donors (Lipinski definition) is 2. The van der Waals surface area contributed by atoms with Crippen LogP contribution >= 0.6 is 0 Å². The van der Waals surface area contributed by atoms with Gasteiger partial charge in [0.05, 0.1) is 16.9 Å². The maximum Gasteiger partial charge on any atom is 0.228 e. The number of sulfone groups is 1. The Bertz CT molecular complexity index is 477. The van der Waals surface area contributed by atoms with Gasteiger partial charge in [0.2, 0.25) is 5.91 Å². The molecule has 0 bridgehead atoms. The highest BCUT2D eigenvalue weighted by atomic mass is 32.2. The van der Waals surface area contributed by atoms with E-state index in [1.165, 1.54) is 6.42 Å². The van der Waals surface area contributed by atoms with E-state index in [2.05, 4.69) is 10.6 Å². The number of rotatable bonds is 2. The van der Waals surface area contributed by atoms with Crippen molar-refractivity contribution >= 4 is 15.7 Å². The lowest BCUT2D eigenvalue weighted by Crippen LogP contribution is -2.52. The second kappa shape index (κ2) is 5.30. The van der Waals surface area contributed by atoms with Crippen LogP contribution < -0.4 is 10.6 Å². The zero-order valence-corrected chi connectivity index (χ0v) is 12.7. The van der Waals surface area contributed by atoms with Crippen LogP contribution in [0.4, 0.5) is 0 Å². The summed E-state index contributed by atoms with van der Waals surface area (Å²) < 4.78 is 22.9. The van der Waals surface area contributed by atoms with Gasteiger partial charge in [0.1, 0.15) is 9.84 Å². The first-order chi connectivity index (χ1) is 9.52. The molecular weight excluding hydrogens is 276 g/mol. The summed E-state index contributed by atoms with van der Waals surface area (Å²) in [5, 5.41) is 6.52. The number of fused-ring (bicyclic) bond motifs is 1. The third-order valence-electron chi connectivity index (χ3n) is 5.38. The minimum Gasteiger partial charge on any atom is -0.353 e. The van der Waals surface area contributed by atoms with Crippen LogP contribution in [0.5, 0.6) is 0 Å². The average molecular weight is 300 g/mol. The molecule has 3 aliphatic rings. The predicted molar refractivity (Wildman–Crippen MR) is 77.1 cm³/mol. The van der Waals surface area contributed by atoms with Crippen LogP contribution in [0, 0.1) is 11.3 Å². The molecule has 2 atom stereocenters. The molecule has 2 N–H and O–H groups in total. The molecule has 114 valence electrons. The largest absolute Gasteiger partial charge is 0.353 e. The van der Waals surface area contributed by atoms with Crippen molar-refractivity contribution in [1.29, 1.82) is 0 Å². The SMILES string of the molecule is O=C(NC1CCS(=O)(=O)CC1)[C@@]12CCCC[C@H]1CNC2. The molecule has 3 fully saturated rings. The fourth-order valence-electron chi connectivity index (χ4n) is 4.05. The average Bonchev–Trinajstić information content (AvgIpc) is 2.86. The number of carbonyl (C=O) groups excluding carboxylic acids is 1. The van der Waals surface area contributed by atoms with Crippen LogP contribution in [0.3, 0.4) is 0 Å². The number of amides is 1. The molecule has 6 heteroatoms. The van der Waals surface area contributed by atoms with Gasteiger partial charge in [-0.05, 0) is 38.1 Å². The predicted octanol–water partition coefficient (Wildman–Crippen LogP) is 0.460. The highest BCUT2D eigenvalue weighted by molar-refractivity contribution is 7.91. The minimum absolute atomic E-state index is 0.0450. The summed E-state index contributed by atoms with van der Waals surface area (Å²) in [5.41, 5.74) is -0.228. The van der Waals surface area contributed by atoms with Crippen LogP contribution in [0.2, 0.25) is 0 Å². The molecule has 0 spiro atoms. The smallest absolute Gasteiger partial charge is 0.228 e. The number of nitrogens with one attached hydrogen (secondary N) is 2. The Hall–Kier alpha value is -0.620. The molecule has 2 saturated heterocycles. The van der Waals surface area contributed by atoms with E-state index in [0.717, 1.165) is 32.4 Å². The summed E-state index contributed by atoms with van der Waals surface area (Å²) in [4.78, 5) is 12.7. The van der Waals surface area contributed by atoms with Crippen LogP contribution in [-0.2, 0) is 14.6 Å². The van der Waals surface area contributed by atoms with Crippen LogP contribution in [0.15, 0.2) is 0 Å². The van der Waals surface area contributed by atoms with Crippen molar-refractivity contribution in [1.82, 2.24) is 10.6 Å². The molecule has 20 heavy (non-hydrogen) atoms. The van der Waals surface area contributed by atoms with Crippen LogP contribution in [0.25, 0.3) is 0 Å². The van der Waals surface area contributed by atoms with Crippen molar-refractivity contribution in [2.75, 3.05) is 24.6 Å². The molecule has 0 radical (unpaired) electrons. The van der Waals surface area contributed by atoms with Gasteiger partial charge in [0.25, 0.3) is 0 Å². The maximum atomic E-state index is 12.7. The lowest BCUT2D eigenvalue weighted by molar-refractivity contribution is -0.134. The van der Waals surface area contributed by atoms with Crippen molar-refractivity contribution < 1.29 is 13.2 Å². The molecule has 2 aliphatic heterocycles. The number of carbonyl (C=O) groups is 1. The first-order valence-corrected chi connectivity index (χ1v) is 9.56. The second-order valence-corrected chi connectivity index (χ2v) is 8.93. The molecular formula is C14H24N2O3S. The van der Waals surface area contributed by atoms with E-state index in [0.29, 0.717) is 18.8 Å². The van der Waals surface area contributed by atoms with E-state index in [1.807, 2.05) is 0 Å². The van der Waals surface area contributed by atoms with Gasteiger partial charge in [-0.1, -0.05) is 12.8 Å². The molecule has 1 saturated carbocycles. The van der Waals surface area contributed by atoms with Crippen molar-refractivity contribution in [2.45, 2.75) is 44.6 Å². The monoisotopic (exact) mass is 300 g/mol. The Morgan fingerprint density at radius 2 is 1.90 bits per heavy atom. The van der Waals surface area contributed by atoms with Gasteiger partial charge in [-0.15, -0.1) is 0 Å². The molecule has 0 unspecified atom stereocenters. The first-order valence-electron chi connectivity index (χ1n) is 7.74. The lowest BCUT2D eigenvalue weighted by Gasteiger charge is -2.38.